The van der Waals surface area contributed by atoms with Crippen molar-refractivity contribution < 1.29 is 18.7 Å². The first-order valence-electron chi connectivity index (χ1n) is 7.90. The van der Waals surface area contributed by atoms with Crippen LogP contribution in [0.3, 0.4) is 0 Å². The summed E-state index contributed by atoms with van der Waals surface area (Å²) in [5.41, 5.74) is 0.982. The van der Waals surface area contributed by atoms with Crippen LogP contribution in [0, 0.1) is 5.82 Å². The number of ether oxygens (including phenoxy) is 2. The summed E-state index contributed by atoms with van der Waals surface area (Å²) in [4.78, 5) is 12.0. The Morgan fingerprint density at radius 3 is 2.52 bits per heavy atom. The minimum Gasteiger partial charge on any atom is -0.497 e. The van der Waals surface area contributed by atoms with Gasteiger partial charge in [-0.05, 0) is 42.0 Å². The zero-order chi connectivity index (χ0) is 19.1. The Balaban J connectivity index is 1.44. The topological polar surface area (TPSA) is 73.3 Å². The highest BCUT2D eigenvalue weighted by Crippen LogP contribution is 2.28. The summed E-state index contributed by atoms with van der Waals surface area (Å²) in [5.74, 6) is 1.34. The second-order valence-corrected chi connectivity index (χ2v) is 7.50. The molecule has 3 aromatic rings. The maximum absolute atomic E-state index is 12.9. The summed E-state index contributed by atoms with van der Waals surface area (Å²) >= 11 is 2.74. The number of hydrogen-bond donors (Lipinski definition) is 1. The van der Waals surface area contributed by atoms with Crippen LogP contribution >= 0.6 is 23.1 Å². The van der Waals surface area contributed by atoms with Gasteiger partial charge in [-0.3, -0.25) is 10.1 Å². The summed E-state index contributed by atoms with van der Waals surface area (Å²) < 4.78 is 24.1. The number of amides is 1. The molecule has 0 saturated carbocycles. The van der Waals surface area contributed by atoms with Crippen LogP contribution in [0.5, 0.6) is 11.5 Å². The molecule has 0 bridgehead atoms. The van der Waals surface area contributed by atoms with Gasteiger partial charge in [0.2, 0.25) is 5.13 Å². The van der Waals surface area contributed by atoms with E-state index in [0.717, 1.165) is 5.56 Å². The number of carbonyl (C=O) groups excluding carboxylic acids is 1. The van der Waals surface area contributed by atoms with E-state index in [1.807, 2.05) is 0 Å². The molecule has 9 heteroatoms. The predicted molar refractivity (Wildman–Crippen MR) is 103 cm³/mol. The number of thioether (sulfide) groups is 1. The molecule has 1 N–H and O–H groups in total. The van der Waals surface area contributed by atoms with E-state index in [1.54, 1.807) is 43.5 Å². The average Bonchev–Trinajstić information content (AvgIpc) is 3.13. The summed E-state index contributed by atoms with van der Waals surface area (Å²) in [7, 11) is 1.58. The van der Waals surface area contributed by atoms with Gasteiger partial charge in [0.15, 0.2) is 10.9 Å². The Bertz CT molecular complexity index is 886. The Morgan fingerprint density at radius 2 is 1.81 bits per heavy atom. The molecular weight excluding hydrogens is 389 g/mol. The van der Waals surface area contributed by atoms with Crippen molar-refractivity contribution in [3.05, 3.63) is 59.9 Å². The molecule has 0 aliphatic carbocycles. The van der Waals surface area contributed by atoms with Crippen molar-refractivity contribution >= 4 is 34.1 Å². The van der Waals surface area contributed by atoms with Crippen LogP contribution in [0.4, 0.5) is 9.52 Å². The number of benzene rings is 2. The fraction of sp³-hybridized carbons (Fsp3) is 0.167. The molecular formula is C18H16FN3O3S2. The molecule has 27 heavy (non-hydrogen) atoms. The van der Waals surface area contributed by atoms with E-state index in [0.29, 0.717) is 26.7 Å². The lowest BCUT2D eigenvalue weighted by atomic mass is 10.2. The van der Waals surface area contributed by atoms with Crippen LogP contribution in [0.25, 0.3) is 0 Å². The predicted octanol–water partition coefficient (Wildman–Crippen LogP) is 4.00. The fourth-order valence-corrected chi connectivity index (χ4v) is 3.74. The minimum atomic E-state index is -0.322. The van der Waals surface area contributed by atoms with Gasteiger partial charge in [0.1, 0.15) is 17.3 Å². The van der Waals surface area contributed by atoms with Crippen molar-refractivity contribution in [3.8, 4) is 11.5 Å². The number of hydrogen-bond acceptors (Lipinski definition) is 7. The van der Waals surface area contributed by atoms with Crippen molar-refractivity contribution in [2.45, 2.75) is 10.1 Å². The number of carbonyl (C=O) groups is 1. The standard InChI is InChI=1S/C18H16FN3O3S2/c1-24-14-6-8-15(9-7-14)25-10-16(23)20-17-21-22-18(27-17)26-11-12-2-4-13(19)5-3-12/h2-9H,10-11H2,1H3,(H,20,21,23). The van der Waals surface area contributed by atoms with Gasteiger partial charge in [-0.1, -0.05) is 35.2 Å². The van der Waals surface area contributed by atoms with Gasteiger partial charge >= 0.3 is 0 Å². The highest BCUT2D eigenvalue weighted by atomic mass is 32.2. The third-order valence-corrected chi connectivity index (χ3v) is 5.40. The Kier molecular flexibility index (Phi) is 6.61. The first-order chi connectivity index (χ1) is 13.1. The van der Waals surface area contributed by atoms with Crippen LogP contribution in [-0.2, 0) is 10.5 Å². The number of nitrogens with one attached hydrogen (secondary N) is 1. The van der Waals surface area contributed by atoms with Crippen molar-refractivity contribution in [2.24, 2.45) is 0 Å². The second kappa shape index (κ2) is 9.33. The minimum absolute atomic E-state index is 0.135. The SMILES string of the molecule is COc1ccc(OCC(=O)Nc2nnc(SCc3ccc(F)cc3)s2)cc1. The lowest BCUT2D eigenvalue weighted by Crippen LogP contribution is -2.20. The third-order valence-electron chi connectivity index (χ3n) is 3.36. The van der Waals surface area contributed by atoms with Gasteiger partial charge in [-0.15, -0.1) is 10.2 Å². The number of halogens is 1. The van der Waals surface area contributed by atoms with E-state index in [2.05, 4.69) is 15.5 Å². The molecule has 6 nitrogen and oxygen atoms in total. The number of anilines is 1. The Labute approximate surface area is 163 Å². The Morgan fingerprint density at radius 1 is 1.11 bits per heavy atom. The van der Waals surface area contributed by atoms with Crippen molar-refractivity contribution in [1.29, 1.82) is 0 Å². The molecule has 1 amide bonds. The van der Waals surface area contributed by atoms with E-state index < -0.39 is 0 Å². The van der Waals surface area contributed by atoms with Gasteiger partial charge in [-0.25, -0.2) is 4.39 Å². The lowest BCUT2D eigenvalue weighted by Gasteiger charge is -2.06. The molecule has 0 spiro atoms. The van der Waals surface area contributed by atoms with E-state index in [4.69, 9.17) is 9.47 Å². The zero-order valence-electron chi connectivity index (χ0n) is 14.3. The van der Waals surface area contributed by atoms with Gasteiger partial charge in [0, 0.05) is 5.75 Å². The smallest absolute Gasteiger partial charge is 0.264 e. The van der Waals surface area contributed by atoms with Gasteiger partial charge in [0.25, 0.3) is 5.91 Å². The molecule has 0 atom stereocenters. The van der Waals surface area contributed by atoms with E-state index in [-0.39, 0.29) is 18.3 Å². The molecule has 0 radical (unpaired) electrons. The summed E-state index contributed by atoms with van der Waals surface area (Å²) in [6.45, 7) is -0.135. The van der Waals surface area contributed by atoms with E-state index in [9.17, 15) is 9.18 Å². The van der Waals surface area contributed by atoms with Crippen LogP contribution in [0.2, 0.25) is 0 Å². The fourth-order valence-electron chi connectivity index (χ4n) is 2.02. The van der Waals surface area contributed by atoms with Crippen molar-refractivity contribution in [2.75, 3.05) is 19.0 Å². The number of aromatic nitrogens is 2. The summed E-state index contributed by atoms with van der Waals surface area (Å²) in [6, 6.07) is 13.2. The molecule has 2 aromatic carbocycles. The molecule has 140 valence electrons. The first-order valence-corrected chi connectivity index (χ1v) is 9.70. The molecule has 1 heterocycles. The van der Waals surface area contributed by atoms with Crippen LogP contribution < -0.4 is 14.8 Å². The van der Waals surface area contributed by atoms with E-state index in [1.165, 1.54) is 35.2 Å². The quantitative estimate of drug-likeness (QED) is 0.451. The first kappa shape index (κ1) is 19.1. The lowest BCUT2D eigenvalue weighted by molar-refractivity contribution is -0.118. The van der Waals surface area contributed by atoms with Crippen LogP contribution in [-0.4, -0.2) is 29.8 Å². The van der Waals surface area contributed by atoms with Gasteiger partial charge in [-0.2, -0.15) is 0 Å². The summed E-state index contributed by atoms with van der Waals surface area (Å²) in [6.07, 6.45) is 0. The van der Waals surface area contributed by atoms with E-state index >= 15 is 0 Å². The molecule has 1 aromatic heterocycles. The van der Waals surface area contributed by atoms with Crippen molar-refractivity contribution in [3.63, 3.8) is 0 Å². The maximum atomic E-state index is 12.9. The molecule has 0 aliphatic rings. The molecule has 0 unspecified atom stereocenters. The van der Waals surface area contributed by atoms with Gasteiger partial charge < -0.3 is 9.47 Å². The Hall–Kier alpha value is -2.65. The zero-order valence-corrected chi connectivity index (χ0v) is 16.0. The molecule has 3 rings (SSSR count). The maximum Gasteiger partial charge on any atom is 0.264 e. The number of methoxy groups -OCH3 is 1. The number of nitrogens with zero attached hydrogens (tertiary/aromatic N) is 2. The van der Waals surface area contributed by atoms with Crippen LogP contribution in [0.1, 0.15) is 5.56 Å². The van der Waals surface area contributed by atoms with Crippen molar-refractivity contribution in [1.82, 2.24) is 10.2 Å². The second-order valence-electron chi connectivity index (χ2n) is 5.30. The number of rotatable bonds is 8. The van der Waals surface area contributed by atoms with Gasteiger partial charge in [0.05, 0.1) is 7.11 Å². The normalized spacial score (nSPS) is 10.4. The van der Waals surface area contributed by atoms with Crippen LogP contribution in [0.15, 0.2) is 52.9 Å². The highest BCUT2D eigenvalue weighted by Gasteiger charge is 2.10. The molecule has 0 aliphatic heterocycles. The molecule has 0 saturated heterocycles. The largest absolute Gasteiger partial charge is 0.497 e. The average molecular weight is 405 g/mol. The highest BCUT2D eigenvalue weighted by molar-refractivity contribution is 8.00. The monoisotopic (exact) mass is 405 g/mol. The summed E-state index contributed by atoms with van der Waals surface area (Å²) in [5, 5.41) is 11.0. The third kappa shape index (κ3) is 5.93. The molecule has 0 fully saturated rings.